The van der Waals surface area contributed by atoms with Crippen LogP contribution in [-0.2, 0) is 0 Å². The van der Waals surface area contributed by atoms with Gasteiger partial charge < -0.3 is 4.74 Å². The Hall–Kier alpha value is -3.20. The maximum Gasteiger partial charge on any atom is 0.269 e. The summed E-state index contributed by atoms with van der Waals surface area (Å²) in [5, 5.41) is 13.1. The highest BCUT2D eigenvalue weighted by Gasteiger charge is 2.12. The predicted molar refractivity (Wildman–Crippen MR) is 92.9 cm³/mol. The van der Waals surface area contributed by atoms with Gasteiger partial charge in [-0.25, -0.2) is 0 Å². The van der Waals surface area contributed by atoms with Crippen LogP contribution in [0.1, 0.15) is 10.4 Å². The number of benzene rings is 2. The molecule has 24 heavy (non-hydrogen) atoms. The SMILES string of the molecule is COc1ccccc1C(=O)NC(=S)NNc1ccc([N+](=O)[O-])cc1. The van der Waals surface area contributed by atoms with E-state index in [1.54, 1.807) is 24.3 Å². The first kappa shape index (κ1) is 17.2. The van der Waals surface area contributed by atoms with E-state index in [0.717, 1.165) is 0 Å². The van der Waals surface area contributed by atoms with Gasteiger partial charge in [0, 0.05) is 12.1 Å². The van der Waals surface area contributed by atoms with Crippen LogP contribution in [0.2, 0.25) is 0 Å². The van der Waals surface area contributed by atoms with E-state index in [1.807, 2.05) is 0 Å². The van der Waals surface area contributed by atoms with Gasteiger partial charge in [0.15, 0.2) is 5.11 Å². The molecule has 8 nitrogen and oxygen atoms in total. The highest BCUT2D eigenvalue weighted by molar-refractivity contribution is 7.80. The summed E-state index contributed by atoms with van der Waals surface area (Å²) < 4.78 is 5.11. The lowest BCUT2D eigenvalue weighted by Crippen LogP contribution is -2.42. The van der Waals surface area contributed by atoms with Gasteiger partial charge in [-0.05, 0) is 36.5 Å². The largest absolute Gasteiger partial charge is 0.496 e. The molecule has 0 bridgehead atoms. The molecule has 0 spiro atoms. The molecule has 9 heteroatoms. The predicted octanol–water partition coefficient (Wildman–Crippen LogP) is 2.23. The molecular weight excluding hydrogens is 332 g/mol. The highest BCUT2D eigenvalue weighted by atomic mass is 32.1. The molecule has 0 radical (unpaired) electrons. The number of hydrogen-bond acceptors (Lipinski definition) is 6. The first-order valence-electron chi connectivity index (χ1n) is 6.76. The van der Waals surface area contributed by atoms with Crippen molar-refractivity contribution in [2.75, 3.05) is 12.5 Å². The maximum atomic E-state index is 12.1. The minimum atomic E-state index is -0.491. The molecule has 124 valence electrons. The molecule has 0 atom stereocenters. The molecule has 0 aliphatic carbocycles. The van der Waals surface area contributed by atoms with Crippen molar-refractivity contribution in [2.24, 2.45) is 0 Å². The molecule has 0 saturated heterocycles. The molecule has 1 amide bonds. The summed E-state index contributed by atoms with van der Waals surface area (Å²) in [5.74, 6) is 0.0107. The molecular formula is C15H14N4O4S. The fourth-order valence-corrected chi connectivity index (χ4v) is 1.97. The summed E-state index contributed by atoms with van der Waals surface area (Å²) in [7, 11) is 1.47. The van der Waals surface area contributed by atoms with Crippen molar-refractivity contribution in [1.29, 1.82) is 0 Å². The minimum Gasteiger partial charge on any atom is -0.496 e. The molecule has 3 N–H and O–H groups in total. The first-order valence-corrected chi connectivity index (χ1v) is 7.17. The Bertz CT molecular complexity index is 764. The van der Waals surface area contributed by atoms with Crippen LogP contribution >= 0.6 is 12.2 Å². The van der Waals surface area contributed by atoms with Crippen LogP contribution in [0.3, 0.4) is 0 Å². The number of hydrogen-bond donors (Lipinski definition) is 3. The highest BCUT2D eigenvalue weighted by Crippen LogP contribution is 2.17. The summed E-state index contributed by atoms with van der Waals surface area (Å²) in [6, 6.07) is 12.5. The van der Waals surface area contributed by atoms with Gasteiger partial charge in [0.1, 0.15) is 5.75 Å². The van der Waals surface area contributed by atoms with Crippen molar-refractivity contribution >= 4 is 34.6 Å². The lowest BCUT2D eigenvalue weighted by molar-refractivity contribution is -0.384. The van der Waals surface area contributed by atoms with Crippen molar-refractivity contribution in [2.45, 2.75) is 0 Å². The Balaban J connectivity index is 1.91. The second-order valence-corrected chi connectivity index (χ2v) is 4.95. The number of amides is 1. The van der Waals surface area contributed by atoms with Crippen LogP contribution in [-0.4, -0.2) is 23.1 Å². The van der Waals surface area contributed by atoms with Crippen LogP contribution in [0.4, 0.5) is 11.4 Å². The summed E-state index contributed by atoms with van der Waals surface area (Å²) in [6.07, 6.45) is 0. The monoisotopic (exact) mass is 346 g/mol. The van der Waals surface area contributed by atoms with E-state index in [2.05, 4.69) is 16.2 Å². The number of nitro benzene ring substituents is 1. The second kappa shape index (κ2) is 7.88. The van der Waals surface area contributed by atoms with Gasteiger partial charge >= 0.3 is 0 Å². The molecule has 0 heterocycles. The van der Waals surface area contributed by atoms with Gasteiger partial charge in [0.25, 0.3) is 11.6 Å². The number of rotatable bonds is 5. The standard InChI is InChI=1S/C15H14N4O4S/c1-23-13-5-3-2-4-12(13)14(20)16-15(24)18-17-10-6-8-11(9-7-10)19(21)22/h2-9,17H,1H3,(H2,16,18,20,24). The zero-order chi connectivity index (χ0) is 17.5. The average Bonchev–Trinajstić information content (AvgIpc) is 2.60. The van der Waals surface area contributed by atoms with E-state index in [4.69, 9.17) is 17.0 Å². The topological polar surface area (TPSA) is 106 Å². The van der Waals surface area contributed by atoms with E-state index in [0.29, 0.717) is 17.0 Å². The molecule has 0 aliphatic rings. The second-order valence-electron chi connectivity index (χ2n) is 4.54. The number of nitro groups is 1. The van der Waals surface area contributed by atoms with Gasteiger partial charge in [-0.2, -0.15) is 0 Å². The van der Waals surface area contributed by atoms with E-state index >= 15 is 0 Å². The normalized spacial score (nSPS) is 9.71. The molecule has 2 rings (SSSR count). The molecule has 0 aromatic heterocycles. The molecule has 2 aromatic rings. The quantitative estimate of drug-likeness (QED) is 0.433. The summed E-state index contributed by atoms with van der Waals surface area (Å²) in [5.41, 5.74) is 6.24. The van der Waals surface area contributed by atoms with E-state index in [1.165, 1.54) is 31.4 Å². The summed E-state index contributed by atoms with van der Waals surface area (Å²) in [4.78, 5) is 22.2. The number of nitrogens with zero attached hydrogens (tertiary/aromatic N) is 1. The molecule has 0 aliphatic heterocycles. The van der Waals surface area contributed by atoms with E-state index in [9.17, 15) is 14.9 Å². The first-order chi connectivity index (χ1) is 11.5. The van der Waals surface area contributed by atoms with Gasteiger partial charge in [-0.3, -0.25) is 31.1 Å². The lowest BCUT2D eigenvalue weighted by Gasteiger charge is -2.12. The molecule has 2 aromatic carbocycles. The third-order valence-corrected chi connectivity index (χ3v) is 3.18. The van der Waals surface area contributed by atoms with Gasteiger partial charge in [-0.15, -0.1) is 0 Å². The number of carbonyl (C=O) groups is 1. The summed E-state index contributed by atoms with van der Waals surface area (Å²) in [6.45, 7) is 0. The van der Waals surface area contributed by atoms with Crippen molar-refractivity contribution in [1.82, 2.24) is 10.7 Å². The average molecular weight is 346 g/mol. The number of para-hydroxylation sites is 1. The zero-order valence-corrected chi connectivity index (χ0v) is 13.4. The molecule has 0 fully saturated rings. The van der Waals surface area contributed by atoms with Crippen LogP contribution in [0.25, 0.3) is 0 Å². The van der Waals surface area contributed by atoms with Crippen LogP contribution in [0.5, 0.6) is 5.75 Å². The Morgan fingerprint density at radius 1 is 1.17 bits per heavy atom. The van der Waals surface area contributed by atoms with Crippen molar-refractivity contribution in [3.63, 3.8) is 0 Å². The number of hydrazine groups is 1. The Labute approximate surface area is 142 Å². The maximum absolute atomic E-state index is 12.1. The summed E-state index contributed by atoms with van der Waals surface area (Å²) >= 11 is 5.02. The number of methoxy groups -OCH3 is 1. The third kappa shape index (κ3) is 4.40. The zero-order valence-electron chi connectivity index (χ0n) is 12.6. The Kier molecular flexibility index (Phi) is 5.63. The molecule has 0 unspecified atom stereocenters. The van der Waals surface area contributed by atoms with Gasteiger partial charge in [0.2, 0.25) is 0 Å². The van der Waals surface area contributed by atoms with Crippen molar-refractivity contribution in [3.8, 4) is 5.75 Å². The Morgan fingerprint density at radius 3 is 2.46 bits per heavy atom. The van der Waals surface area contributed by atoms with Crippen molar-refractivity contribution < 1.29 is 14.5 Å². The van der Waals surface area contributed by atoms with Crippen LogP contribution in [0, 0.1) is 10.1 Å². The Morgan fingerprint density at radius 2 is 1.83 bits per heavy atom. The van der Waals surface area contributed by atoms with Crippen LogP contribution < -0.4 is 20.9 Å². The number of non-ortho nitro benzene ring substituents is 1. The smallest absolute Gasteiger partial charge is 0.269 e. The third-order valence-electron chi connectivity index (χ3n) is 2.98. The fourth-order valence-electron chi connectivity index (χ4n) is 1.83. The number of ether oxygens (including phenoxy) is 1. The number of anilines is 1. The minimum absolute atomic E-state index is 0.0207. The van der Waals surface area contributed by atoms with Gasteiger partial charge in [0.05, 0.1) is 23.3 Å². The fraction of sp³-hybridized carbons (Fsp3) is 0.0667. The van der Waals surface area contributed by atoms with Gasteiger partial charge in [-0.1, -0.05) is 12.1 Å². The van der Waals surface area contributed by atoms with E-state index < -0.39 is 10.8 Å². The lowest BCUT2D eigenvalue weighted by atomic mass is 10.2. The van der Waals surface area contributed by atoms with Crippen LogP contribution in [0.15, 0.2) is 48.5 Å². The van der Waals surface area contributed by atoms with E-state index in [-0.39, 0.29) is 10.8 Å². The number of thiocarbonyl (C=S) groups is 1. The number of carbonyl (C=O) groups excluding carboxylic acids is 1. The number of nitrogens with one attached hydrogen (secondary N) is 3. The van der Waals surface area contributed by atoms with Crippen molar-refractivity contribution in [3.05, 3.63) is 64.2 Å². The molecule has 0 saturated carbocycles.